The van der Waals surface area contributed by atoms with Gasteiger partial charge in [0, 0.05) is 36.0 Å². The summed E-state index contributed by atoms with van der Waals surface area (Å²) >= 11 is 6.06. The van der Waals surface area contributed by atoms with Crippen LogP contribution in [-0.2, 0) is 11.3 Å². The number of hydrogen-bond donors (Lipinski definition) is 1. The first-order chi connectivity index (χ1) is 10.7. The molecule has 116 valence electrons. The zero-order valence-corrected chi connectivity index (χ0v) is 13.6. The highest BCUT2D eigenvalue weighted by Gasteiger charge is 2.10. The van der Waals surface area contributed by atoms with Gasteiger partial charge in [0.25, 0.3) is 0 Å². The molecule has 22 heavy (non-hydrogen) atoms. The minimum atomic E-state index is 0.747. The van der Waals surface area contributed by atoms with Crippen LogP contribution in [0.4, 0.5) is 11.4 Å². The third-order valence-electron chi connectivity index (χ3n) is 3.94. The Hall–Kier alpha value is -1.55. The summed E-state index contributed by atoms with van der Waals surface area (Å²) in [4.78, 5) is 2.42. The number of ether oxygens (including phenoxy) is 1. The fraction of sp³-hybridized carbons (Fsp3) is 0.333. The number of nitrogens with one attached hydrogen (secondary N) is 1. The molecule has 2 aromatic rings. The molecule has 1 N–H and O–H groups in total. The van der Waals surface area contributed by atoms with Crippen molar-refractivity contribution in [3.63, 3.8) is 0 Å². The normalized spacial score (nSPS) is 15.7. The number of halogens is 1. The highest BCUT2D eigenvalue weighted by molar-refractivity contribution is 6.30. The molecular weight excluding hydrogens is 296 g/mol. The lowest BCUT2D eigenvalue weighted by Crippen LogP contribution is -2.35. The Morgan fingerprint density at radius 2 is 1.82 bits per heavy atom. The van der Waals surface area contributed by atoms with Gasteiger partial charge in [0.15, 0.2) is 0 Å². The molecular formula is C18H21ClN2O. The second kappa shape index (κ2) is 7.14. The van der Waals surface area contributed by atoms with Gasteiger partial charge in [-0.15, -0.1) is 0 Å². The van der Waals surface area contributed by atoms with Crippen LogP contribution in [0.25, 0.3) is 0 Å². The van der Waals surface area contributed by atoms with Crippen LogP contribution in [0.2, 0.25) is 5.02 Å². The maximum absolute atomic E-state index is 6.06. The fourth-order valence-electron chi connectivity index (χ4n) is 2.60. The van der Waals surface area contributed by atoms with Gasteiger partial charge < -0.3 is 10.1 Å². The number of hydrogen-bond acceptors (Lipinski definition) is 3. The first-order valence-electron chi connectivity index (χ1n) is 7.63. The minimum Gasteiger partial charge on any atom is -0.379 e. The minimum absolute atomic E-state index is 0.747. The summed E-state index contributed by atoms with van der Waals surface area (Å²) in [5.74, 6) is 0. The zero-order valence-electron chi connectivity index (χ0n) is 12.8. The molecule has 4 heteroatoms. The molecule has 2 aromatic carbocycles. The molecule has 0 spiro atoms. The molecule has 0 radical (unpaired) electrons. The first-order valence-corrected chi connectivity index (χ1v) is 8.01. The van der Waals surface area contributed by atoms with Gasteiger partial charge in [0.2, 0.25) is 0 Å². The molecule has 0 unspecified atom stereocenters. The third kappa shape index (κ3) is 4.01. The molecule has 1 fully saturated rings. The second-order valence-electron chi connectivity index (χ2n) is 5.67. The van der Waals surface area contributed by atoms with Crippen molar-refractivity contribution in [3.8, 4) is 0 Å². The van der Waals surface area contributed by atoms with Gasteiger partial charge in [-0.2, -0.15) is 0 Å². The van der Waals surface area contributed by atoms with E-state index in [-0.39, 0.29) is 0 Å². The molecule has 0 atom stereocenters. The van der Waals surface area contributed by atoms with Gasteiger partial charge in [-0.25, -0.2) is 0 Å². The molecule has 0 saturated carbocycles. The van der Waals surface area contributed by atoms with Gasteiger partial charge >= 0.3 is 0 Å². The van der Waals surface area contributed by atoms with Crippen LogP contribution in [0.3, 0.4) is 0 Å². The number of aryl methyl sites for hydroxylation is 1. The van der Waals surface area contributed by atoms with Gasteiger partial charge in [-0.1, -0.05) is 29.8 Å². The Balaban J connectivity index is 1.64. The van der Waals surface area contributed by atoms with Crippen molar-refractivity contribution in [2.75, 3.05) is 31.6 Å². The first kappa shape index (κ1) is 15.3. The monoisotopic (exact) mass is 316 g/mol. The Bertz CT molecular complexity index is 621. The molecule has 1 saturated heterocycles. The van der Waals surface area contributed by atoms with E-state index >= 15 is 0 Å². The van der Waals surface area contributed by atoms with Crippen molar-refractivity contribution >= 4 is 23.0 Å². The summed E-state index contributed by atoms with van der Waals surface area (Å²) in [5.41, 5.74) is 4.64. The number of benzene rings is 2. The lowest BCUT2D eigenvalue weighted by atomic mass is 10.1. The third-order valence-corrected chi connectivity index (χ3v) is 4.18. The second-order valence-corrected chi connectivity index (χ2v) is 6.11. The summed E-state index contributed by atoms with van der Waals surface area (Å²) in [6, 6.07) is 14.5. The van der Waals surface area contributed by atoms with Crippen LogP contribution in [0.5, 0.6) is 0 Å². The largest absolute Gasteiger partial charge is 0.379 e. The predicted octanol–water partition coefficient (Wildman–Crippen LogP) is 4.22. The number of anilines is 2. The number of morpholine rings is 1. The molecule has 0 aromatic heterocycles. The number of nitrogens with zero attached hydrogens (tertiary/aromatic N) is 1. The highest BCUT2D eigenvalue weighted by Crippen LogP contribution is 2.24. The SMILES string of the molecule is Cc1ccc(Cl)cc1Nc1ccc(CN2CCOCC2)cc1. The summed E-state index contributed by atoms with van der Waals surface area (Å²) in [7, 11) is 0. The van der Waals surface area contributed by atoms with E-state index in [1.807, 2.05) is 18.2 Å². The molecule has 3 rings (SSSR count). The Labute approximate surface area is 136 Å². The van der Waals surface area contributed by atoms with Gasteiger partial charge in [-0.05, 0) is 42.3 Å². The van der Waals surface area contributed by atoms with E-state index < -0.39 is 0 Å². The van der Waals surface area contributed by atoms with Crippen molar-refractivity contribution in [1.29, 1.82) is 0 Å². The lowest BCUT2D eigenvalue weighted by Gasteiger charge is -2.26. The molecule has 1 aliphatic rings. The average molecular weight is 317 g/mol. The zero-order chi connectivity index (χ0) is 15.4. The van der Waals surface area contributed by atoms with Crippen molar-refractivity contribution in [2.24, 2.45) is 0 Å². The highest BCUT2D eigenvalue weighted by atomic mass is 35.5. The standard InChI is InChI=1S/C18H21ClN2O/c1-14-2-5-16(19)12-18(14)20-17-6-3-15(4-7-17)13-21-8-10-22-11-9-21/h2-7,12,20H,8-11,13H2,1H3. The van der Waals surface area contributed by atoms with E-state index in [4.69, 9.17) is 16.3 Å². The molecule has 0 aliphatic carbocycles. The van der Waals surface area contributed by atoms with E-state index in [1.165, 1.54) is 11.1 Å². The van der Waals surface area contributed by atoms with E-state index in [2.05, 4.69) is 41.4 Å². The van der Waals surface area contributed by atoms with Crippen LogP contribution in [0.15, 0.2) is 42.5 Å². The maximum atomic E-state index is 6.06. The molecule has 0 amide bonds. The van der Waals surface area contributed by atoms with Crippen molar-refractivity contribution in [3.05, 3.63) is 58.6 Å². The van der Waals surface area contributed by atoms with Crippen LogP contribution >= 0.6 is 11.6 Å². The van der Waals surface area contributed by atoms with Gasteiger partial charge in [0.05, 0.1) is 13.2 Å². The molecule has 1 heterocycles. The van der Waals surface area contributed by atoms with E-state index in [0.717, 1.165) is 49.2 Å². The van der Waals surface area contributed by atoms with Crippen molar-refractivity contribution < 1.29 is 4.74 Å². The van der Waals surface area contributed by atoms with Crippen LogP contribution in [0.1, 0.15) is 11.1 Å². The van der Waals surface area contributed by atoms with E-state index in [0.29, 0.717) is 0 Å². The van der Waals surface area contributed by atoms with Crippen LogP contribution in [-0.4, -0.2) is 31.2 Å². The summed E-state index contributed by atoms with van der Waals surface area (Å²) in [6.07, 6.45) is 0. The Kier molecular flexibility index (Phi) is 4.98. The summed E-state index contributed by atoms with van der Waals surface area (Å²) in [5, 5.41) is 4.17. The Morgan fingerprint density at radius 3 is 2.55 bits per heavy atom. The van der Waals surface area contributed by atoms with Gasteiger partial charge in [-0.3, -0.25) is 4.90 Å². The van der Waals surface area contributed by atoms with Crippen LogP contribution < -0.4 is 5.32 Å². The molecule has 0 bridgehead atoms. The summed E-state index contributed by atoms with van der Waals surface area (Å²) < 4.78 is 5.38. The van der Waals surface area contributed by atoms with E-state index in [1.54, 1.807) is 0 Å². The Morgan fingerprint density at radius 1 is 1.09 bits per heavy atom. The van der Waals surface area contributed by atoms with Crippen LogP contribution in [0, 0.1) is 6.92 Å². The lowest BCUT2D eigenvalue weighted by molar-refractivity contribution is 0.0342. The quantitative estimate of drug-likeness (QED) is 0.913. The van der Waals surface area contributed by atoms with Crippen molar-refractivity contribution in [2.45, 2.75) is 13.5 Å². The predicted molar refractivity (Wildman–Crippen MR) is 92.0 cm³/mol. The van der Waals surface area contributed by atoms with E-state index in [9.17, 15) is 0 Å². The molecule has 3 nitrogen and oxygen atoms in total. The topological polar surface area (TPSA) is 24.5 Å². The fourth-order valence-corrected chi connectivity index (χ4v) is 2.77. The maximum Gasteiger partial charge on any atom is 0.0594 e. The van der Waals surface area contributed by atoms with Gasteiger partial charge in [0.1, 0.15) is 0 Å². The summed E-state index contributed by atoms with van der Waals surface area (Å²) in [6.45, 7) is 6.77. The smallest absolute Gasteiger partial charge is 0.0594 e. The van der Waals surface area contributed by atoms with Crippen molar-refractivity contribution in [1.82, 2.24) is 4.90 Å². The molecule has 1 aliphatic heterocycles. The average Bonchev–Trinajstić information content (AvgIpc) is 2.54. The number of rotatable bonds is 4.